The van der Waals surface area contributed by atoms with Gasteiger partial charge < -0.3 is 24.8 Å². The molecular formula is C40H40Cl4Zr-2. The molecule has 4 aromatic rings. The van der Waals surface area contributed by atoms with Crippen molar-refractivity contribution in [2.45, 2.75) is 60.8 Å². The minimum absolute atomic E-state index is 0. The molecule has 0 aliphatic heterocycles. The van der Waals surface area contributed by atoms with Crippen LogP contribution in [0, 0.1) is 37.3 Å². The monoisotopic (exact) mass is 750 g/mol. The molecule has 0 spiro atoms. The Balaban J connectivity index is 0.000000233. The fraction of sp³-hybridized carbons (Fsp3) is 0.275. The molecule has 0 saturated heterocycles. The Kier molecular flexibility index (Phi) is 15.8. The number of rotatable bonds is 4. The SMILES string of the molecule is CCCC1[C-]=CC(C(C)(C)C)=C1.Cc1[c-]c2c(cc1)-c1ccc(C)cc1C2.Clc1cccc([C](=[Zr+2])c2cccc(Cl)c2)c1.[Cl-].[Cl-]. The van der Waals surface area contributed by atoms with Crippen molar-refractivity contribution >= 4 is 26.4 Å². The number of benzene rings is 4. The second-order valence-electron chi connectivity index (χ2n) is 12.3. The molecule has 5 heteroatoms. The molecule has 0 saturated carbocycles. The van der Waals surface area contributed by atoms with Gasteiger partial charge in [-0.05, 0) is 18.9 Å². The molecule has 0 amide bonds. The van der Waals surface area contributed by atoms with Crippen molar-refractivity contribution in [2.24, 2.45) is 11.3 Å². The zero-order chi connectivity index (χ0) is 31.1. The summed E-state index contributed by atoms with van der Waals surface area (Å²) in [6, 6.07) is 30.3. The van der Waals surface area contributed by atoms with Crippen molar-refractivity contribution in [2.75, 3.05) is 0 Å². The van der Waals surface area contributed by atoms with E-state index < -0.39 is 0 Å². The summed E-state index contributed by atoms with van der Waals surface area (Å²) in [6.07, 6.45) is 11.5. The topological polar surface area (TPSA) is 0 Å². The standard InChI is InChI=1S/C15H13.C13H8Cl2.C12H19.2ClH.Zr/c1-10-3-5-14-12(7-10)9-13-8-11(2)4-6-15(13)14;14-12-5-1-3-10(8-12)7-11-4-2-6-13(15)9-11;1-5-6-10-7-8-11(9-10)12(2,3)4;;;/h3-7H,9H2,1-2H3;1-6,8-9H;8-10H,5-6H2,1-4H3;2*1H;/q-1;;-1;;;+2/p-2. The van der Waals surface area contributed by atoms with Gasteiger partial charge in [-0.1, -0.05) is 88.1 Å². The van der Waals surface area contributed by atoms with Crippen LogP contribution in [-0.4, -0.2) is 3.21 Å². The zero-order valence-corrected chi connectivity index (χ0v) is 32.4. The van der Waals surface area contributed by atoms with Gasteiger partial charge in [0.15, 0.2) is 0 Å². The van der Waals surface area contributed by atoms with E-state index >= 15 is 0 Å². The largest absolute Gasteiger partial charge is 1.00 e. The van der Waals surface area contributed by atoms with Crippen LogP contribution in [-0.2, 0) is 30.7 Å². The first kappa shape index (κ1) is 39.5. The summed E-state index contributed by atoms with van der Waals surface area (Å²) in [6.45, 7) is 13.2. The molecule has 4 aromatic carbocycles. The van der Waals surface area contributed by atoms with Crippen LogP contribution in [0.1, 0.15) is 73.9 Å². The average molecular weight is 754 g/mol. The van der Waals surface area contributed by atoms with Crippen molar-refractivity contribution in [1.29, 1.82) is 0 Å². The van der Waals surface area contributed by atoms with Crippen LogP contribution in [0.5, 0.6) is 0 Å². The molecule has 1 unspecified atom stereocenters. The summed E-state index contributed by atoms with van der Waals surface area (Å²) in [5.41, 5.74) is 12.2. The maximum Gasteiger partial charge on any atom is -1.00 e. The van der Waals surface area contributed by atoms with Crippen LogP contribution in [0.15, 0.2) is 96.6 Å². The first-order chi connectivity index (χ1) is 20.4. The van der Waals surface area contributed by atoms with Crippen molar-refractivity contribution < 1.29 is 49.0 Å². The molecule has 6 rings (SSSR count). The third kappa shape index (κ3) is 11.2. The molecule has 1 atom stereocenters. The molecular weight excluding hydrogens is 713 g/mol. The maximum absolute atomic E-state index is 5.98. The smallest absolute Gasteiger partial charge is 1.00 e. The normalized spacial score (nSPS) is 13.9. The molecule has 0 radical (unpaired) electrons. The average Bonchev–Trinajstić information content (AvgIpc) is 3.57. The van der Waals surface area contributed by atoms with E-state index in [9.17, 15) is 0 Å². The van der Waals surface area contributed by atoms with E-state index in [1.807, 2.05) is 36.4 Å². The Morgan fingerprint density at radius 3 is 1.98 bits per heavy atom. The Labute approximate surface area is 308 Å². The molecule has 0 fully saturated rings. The number of fused-ring (bicyclic) bond motifs is 3. The third-order valence-electron chi connectivity index (χ3n) is 7.62. The molecule has 0 nitrogen and oxygen atoms in total. The summed E-state index contributed by atoms with van der Waals surface area (Å²) in [5, 5.41) is 1.53. The summed E-state index contributed by atoms with van der Waals surface area (Å²) in [4.78, 5) is 0. The van der Waals surface area contributed by atoms with Gasteiger partial charge in [0.25, 0.3) is 0 Å². The van der Waals surface area contributed by atoms with Crippen LogP contribution in [0.25, 0.3) is 11.1 Å². The Hall–Kier alpha value is -1.73. The van der Waals surface area contributed by atoms with E-state index in [0.29, 0.717) is 11.3 Å². The van der Waals surface area contributed by atoms with Gasteiger partial charge in [0.05, 0.1) is 0 Å². The second-order valence-corrected chi connectivity index (χ2v) is 14.4. The van der Waals surface area contributed by atoms with Crippen molar-refractivity contribution in [3.8, 4) is 11.1 Å². The number of hydrogen-bond acceptors (Lipinski definition) is 0. The van der Waals surface area contributed by atoms with Gasteiger partial charge >= 0.3 is 120 Å². The Bertz CT molecular complexity index is 1560. The van der Waals surface area contributed by atoms with Gasteiger partial charge in [0.1, 0.15) is 0 Å². The van der Waals surface area contributed by atoms with E-state index in [1.165, 1.54) is 79.2 Å². The number of allylic oxidation sites excluding steroid dienone is 4. The maximum atomic E-state index is 5.98. The number of aryl methyl sites for hydroxylation is 2. The second kappa shape index (κ2) is 18.0. The Morgan fingerprint density at radius 1 is 0.844 bits per heavy atom. The quantitative estimate of drug-likeness (QED) is 0.212. The van der Waals surface area contributed by atoms with Crippen LogP contribution >= 0.6 is 23.2 Å². The summed E-state index contributed by atoms with van der Waals surface area (Å²) in [7, 11) is 0. The number of hydrogen-bond donors (Lipinski definition) is 0. The minimum Gasteiger partial charge on any atom is -1.00 e. The summed E-state index contributed by atoms with van der Waals surface area (Å²) in [5.74, 6) is 0.587. The van der Waals surface area contributed by atoms with Crippen LogP contribution in [0.3, 0.4) is 0 Å². The van der Waals surface area contributed by atoms with Crippen molar-refractivity contribution in [3.63, 3.8) is 0 Å². The van der Waals surface area contributed by atoms with E-state index in [0.717, 1.165) is 27.6 Å². The third-order valence-corrected chi connectivity index (χ3v) is 9.51. The van der Waals surface area contributed by atoms with E-state index in [4.69, 9.17) is 23.2 Å². The molecule has 2 aliphatic carbocycles. The predicted molar refractivity (Wildman–Crippen MR) is 183 cm³/mol. The van der Waals surface area contributed by atoms with E-state index in [1.54, 1.807) is 0 Å². The van der Waals surface area contributed by atoms with Gasteiger partial charge in [-0.2, -0.15) is 35.4 Å². The van der Waals surface area contributed by atoms with Crippen molar-refractivity contribution in [3.05, 3.63) is 152 Å². The summed E-state index contributed by atoms with van der Waals surface area (Å²) < 4.78 is 1.26. The molecule has 234 valence electrons. The molecule has 0 bridgehead atoms. The molecule has 2 aliphatic rings. The predicted octanol–water partition coefficient (Wildman–Crippen LogP) is 5.54. The fourth-order valence-electron chi connectivity index (χ4n) is 5.28. The van der Waals surface area contributed by atoms with Crippen molar-refractivity contribution in [1.82, 2.24) is 0 Å². The zero-order valence-electron chi connectivity index (χ0n) is 26.9. The fourth-order valence-corrected chi connectivity index (χ4v) is 6.42. The minimum atomic E-state index is 0. The van der Waals surface area contributed by atoms with Gasteiger partial charge in [0, 0.05) is 0 Å². The summed E-state index contributed by atoms with van der Waals surface area (Å²) >= 11 is 13.3. The van der Waals surface area contributed by atoms with Crippen LogP contribution in [0.4, 0.5) is 0 Å². The molecule has 0 heterocycles. The van der Waals surface area contributed by atoms with E-state index in [-0.39, 0.29) is 24.8 Å². The first-order valence-corrected chi connectivity index (χ1v) is 17.0. The van der Waals surface area contributed by atoms with Gasteiger partial charge in [-0.25, -0.2) is 6.08 Å². The first-order valence-electron chi connectivity index (χ1n) is 15.0. The van der Waals surface area contributed by atoms with Crippen LogP contribution in [0.2, 0.25) is 10.0 Å². The van der Waals surface area contributed by atoms with Gasteiger partial charge in [-0.15, -0.1) is 11.1 Å². The molecule has 0 aromatic heterocycles. The number of halogens is 4. The van der Waals surface area contributed by atoms with Gasteiger partial charge in [0.2, 0.25) is 0 Å². The molecule has 0 N–H and O–H groups in total. The van der Waals surface area contributed by atoms with Crippen LogP contribution < -0.4 is 24.8 Å². The van der Waals surface area contributed by atoms with Gasteiger partial charge in [-0.3, -0.25) is 6.08 Å². The Morgan fingerprint density at radius 2 is 1.44 bits per heavy atom. The molecule has 45 heavy (non-hydrogen) atoms. The van der Waals surface area contributed by atoms with E-state index in [2.05, 4.69) is 108 Å².